The van der Waals surface area contributed by atoms with Gasteiger partial charge < -0.3 is 0 Å². The molecule has 1 rings (SSSR count). The molecule has 0 saturated heterocycles. The Kier molecular flexibility index (Phi) is 3.09. The fraction of sp³-hybridized carbons (Fsp3) is 0.583. The molecule has 3 nitrogen and oxygen atoms in total. The van der Waals surface area contributed by atoms with Gasteiger partial charge in [0.25, 0.3) is 0 Å². The van der Waals surface area contributed by atoms with E-state index in [2.05, 4.69) is 36.8 Å². The molecule has 0 aromatic carbocycles. The van der Waals surface area contributed by atoms with Gasteiger partial charge in [-0.25, -0.2) is 9.97 Å². The molecule has 0 saturated carbocycles. The van der Waals surface area contributed by atoms with Gasteiger partial charge in [-0.3, -0.25) is 0 Å². The van der Waals surface area contributed by atoms with Crippen LogP contribution in [-0.2, 0) is 6.42 Å². The zero-order valence-electron chi connectivity index (χ0n) is 10.0. The molecule has 1 aromatic rings. The van der Waals surface area contributed by atoms with E-state index in [4.69, 9.17) is 5.26 Å². The van der Waals surface area contributed by atoms with E-state index in [1.807, 2.05) is 13.8 Å². The zero-order valence-corrected chi connectivity index (χ0v) is 10.0. The van der Waals surface area contributed by atoms with Crippen molar-refractivity contribution in [3.05, 3.63) is 22.8 Å². The van der Waals surface area contributed by atoms with Gasteiger partial charge in [0.15, 0.2) is 0 Å². The minimum atomic E-state index is 0.147. The first-order valence-corrected chi connectivity index (χ1v) is 5.08. The lowest BCUT2D eigenvalue weighted by atomic mass is 9.92. The summed E-state index contributed by atoms with van der Waals surface area (Å²) in [6.07, 6.45) is 0.794. The maximum atomic E-state index is 8.93. The monoisotopic (exact) mass is 203 g/mol. The number of rotatable bonds is 1. The fourth-order valence-electron chi connectivity index (χ4n) is 1.35. The van der Waals surface area contributed by atoms with Gasteiger partial charge in [-0.05, 0) is 19.3 Å². The molecule has 15 heavy (non-hydrogen) atoms. The van der Waals surface area contributed by atoms with Crippen LogP contribution in [0.3, 0.4) is 0 Å². The number of aromatic nitrogens is 2. The Morgan fingerprint density at radius 2 is 1.80 bits per heavy atom. The summed E-state index contributed by atoms with van der Waals surface area (Å²) < 4.78 is 0. The molecular weight excluding hydrogens is 186 g/mol. The molecule has 1 aromatic heterocycles. The molecule has 0 N–H and O–H groups in total. The summed E-state index contributed by atoms with van der Waals surface area (Å²) in [4.78, 5) is 8.67. The van der Waals surface area contributed by atoms with Crippen LogP contribution >= 0.6 is 0 Å². The Balaban J connectivity index is 3.13. The summed E-state index contributed by atoms with van der Waals surface area (Å²) in [6.45, 7) is 10.2. The van der Waals surface area contributed by atoms with E-state index in [-0.39, 0.29) is 5.41 Å². The lowest BCUT2D eigenvalue weighted by molar-refractivity contribution is 0.400. The minimum Gasteiger partial charge on any atom is -0.238 e. The predicted molar refractivity (Wildman–Crippen MR) is 59.4 cm³/mol. The van der Waals surface area contributed by atoms with Gasteiger partial charge in [-0.1, -0.05) is 20.8 Å². The molecule has 0 aliphatic heterocycles. The molecule has 0 unspecified atom stereocenters. The van der Waals surface area contributed by atoms with Crippen LogP contribution in [0, 0.1) is 30.6 Å². The molecule has 0 amide bonds. The van der Waals surface area contributed by atoms with E-state index in [1.165, 1.54) is 0 Å². The van der Waals surface area contributed by atoms with Crippen molar-refractivity contribution in [2.75, 3.05) is 0 Å². The third-order valence-electron chi connectivity index (χ3n) is 2.23. The van der Waals surface area contributed by atoms with E-state index in [0.717, 1.165) is 23.5 Å². The van der Waals surface area contributed by atoms with Gasteiger partial charge in [0.05, 0.1) is 0 Å². The normalized spacial score (nSPS) is 11.2. The van der Waals surface area contributed by atoms with Crippen molar-refractivity contribution in [3.8, 4) is 6.07 Å². The van der Waals surface area contributed by atoms with Crippen molar-refractivity contribution in [1.29, 1.82) is 5.26 Å². The van der Waals surface area contributed by atoms with Crippen LogP contribution in [0.1, 0.15) is 43.5 Å². The van der Waals surface area contributed by atoms with Gasteiger partial charge in [0.1, 0.15) is 17.6 Å². The van der Waals surface area contributed by atoms with Crippen LogP contribution in [0.2, 0.25) is 0 Å². The van der Waals surface area contributed by atoms with Crippen LogP contribution in [0.25, 0.3) is 0 Å². The highest BCUT2D eigenvalue weighted by molar-refractivity contribution is 5.32. The SMILES string of the molecule is Cc1nc(CC(C)(C)C)nc(C#N)c1C. The summed E-state index contributed by atoms with van der Waals surface area (Å²) in [6, 6.07) is 2.11. The van der Waals surface area contributed by atoms with E-state index in [9.17, 15) is 0 Å². The summed E-state index contributed by atoms with van der Waals surface area (Å²) in [7, 11) is 0. The number of nitriles is 1. The van der Waals surface area contributed by atoms with Crippen molar-refractivity contribution in [3.63, 3.8) is 0 Å². The maximum Gasteiger partial charge on any atom is 0.147 e. The zero-order chi connectivity index (χ0) is 11.6. The Morgan fingerprint density at radius 3 is 2.27 bits per heavy atom. The first kappa shape index (κ1) is 11.6. The van der Waals surface area contributed by atoms with Crippen LogP contribution in [0.15, 0.2) is 0 Å². The first-order chi connectivity index (χ1) is 6.83. The largest absolute Gasteiger partial charge is 0.238 e. The van der Waals surface area contributed by atoms with Crippen LogP contribution < -0.4 is 0 Å². The average molecular weight is 203 g/mol. The lowest BCUT2D eigenvalue weighted by Crippen LogP contribution is -2.14. The number of aryl methyl sites for hydroxylation is 1. The molecule has 0 spiro atoms. The Bertz CT molecular complexity index is 408. The molecule has 0 aliphatic rings. The number of nitrogens with zero attached hydrogens (tertiary/aromatic N) is 3. The molecule has 0 atom stereocenters. The van der Waals surface area contributed by atoms with Gasteiger partial charge in [0, 0.05) is 17.7 Å². The molecular formula is C12H17N3. The summed E-state index contributed by atoms with van der Waals surface area (Å²) in [5.74, 6) is 0.766. The lowest BCUT2D eigenvalue weighted by Gasteiger charge is -2.17. The third kappa shape index (κ3) is 3.02. The fourth-order valence-corrected chi connectivity index (χ4v) is 1.35. The molecule has 0 fully saturated rings. The van der Waals surface area contributed by atoms with E-state index in [0.29, 0.717) is 5.69 Å². The van der Waals surface area contributed by atoms with E-state index >= 15 is 0 Å². The topological polar surface area (TPSA) is 49.6 Å². The van der Waals surface area contributed by atoms with Crippen molar-refractivity contribution < 1.29 is 0 Å². The summed E-state index contributed by atoms with van der Waals surface area (Å²) >= 11 is 0. The van der Waals surface area contributed by atoms with E-state index in [1.54, 1.807) is 0 Å². The highest BCUT2D eigenvalue weighted by Gasteiger charge is 2.15. The van der Waals surface area contributed by atoms with Crippen LogP contribution in [-0.4, -0.2) is 9.97 Å². The van der Waals surface area contributed by atoms with Gasteiger partial charge >= 0.3 is 0 Å². The molecule has 3 heteroatoms. The van der Waals surface area contributed by atoms with Gasteiger partial charge in [-0.15, -0.1) is 0 Å². The number of hydrogen-bond donors (Lipinski definition) is 0. The standard InChI is InChI=1S/C12H17N3/c1-8-9(2)14-11(6-12(3,4)5)15-10(8)7-13/h6H2,1-5H3. The first-order valence-electron chi connectivity index (χ1n) is 5.08. The smallest absolute Gasteiger partial charge is 0.147 e. The Labute approximate surface area is 91.2 Å². The van der Waals surface area contributed by atoms with Crippen molar-refractivity contribution in [2.24, 2.45) is 5.41 Å². The van der Waals surface area contributed by atoms with E-state index < -0.39 is 0 Å². The molecule has 1 heterocycles. The molecule has 0 aliphatic carbocycles. The molecule has 80 valence electrons. The van der Waals surface area contributed by atoms with Crippen molar-refractivity contribution in [1.82, 2.24) is 9.97 Å². The van der Waals surface area contributed by atoms with Gasteiger partial charge in [0.2, 0.25) is 0 Å². The highest BCUT2D eigenvalue weighted by Crippen LogP contribution is 2.19. The van der Waals surface area contributed by atoms with Gasteiger partial charge in [-0.2, -0.15) is 5.26 Å². The second-order valence-electron chi connectivity index (χ2n) is 5.05. The molecule has 0 bridgehead atoms. The third-order valence-corrected chi connectivity index (χ3v) is 2.23. The minimum absolute atomic E-state index is 0.147. The van der Waals surface area contributed by atoms with Crippen molar-refractivity contribution >= 4 is 0 Å². The predicted octanol–water partition coefficient (Wildman–Crippen LogP) is 2.55. The maximum absolute atomic E-state index is 8.93. The Hall–Kier alpha value is -1.43. The Morgan fingerprint density at radius 1 is 1.20 bits per heavy atom. The second kappa shape index (κ2) is 3.98. The van der Waals surface area contributed by atoms with Crippen LogP contribution in [0.5, 0.6) is 0 Å². The summed E-state index contributed by atoms with van der Waals surface area (Å²) in [5, 5.41) is 8.93. The quantitative estimate of drug-likeness (QED) is 0.704. The summed E-state index contributed by atoms with van der Waals surface area (Å²) in [5.41, 5.74) is 2.44. The highest BCUT2D eigenvalue weighted by atomic mass is 14.9. The second-order valence-corrected chi connectivity index (χ2v) is 5.05. The average Bonchev–Trinajstić information content (AvgIpc) is 2.08. The van der Waals surface area contributed by atoms with Crippen molar-refractivity contribution in [2.45, 2.75) is 41.0 Å². The molecule has 0 radical (unpaired) electrons. The van der Waals surface area contributed by atoms with Crippen LogP contribution in [0.4, 0.5) is 0 Å². The number of hydrogen-bond acceptors (Lipinski definition) is 3.